The molecule has 2 aromatic heterocycles. The number of nitrogens with one attached hydrogen (secondary N) is 1. The van der Waals surface area contributed by atoms with Gasteiger partial charge in [0, 0.05) is 28.1 Å². The summed E-state index contributed by atoms with van der Waals surface area (Å²) in [5.74, 6) is 0.811. The molecule has 0 spiro atoms. The first-order chi connectivity index (χ1) is 9.79. The molecule has 0 amide bonds. The number of thiazole rings is 1. The van der Waals surface area contributed by atoms with Crippen molar-refractivity contribution in [2.45, 2.75) is 6.42 Å². The van der Waals surface area contributed by atoms with Gasteiger partial charge in [0.25, 0.3) is 0 Å². The maximum Gasteiger partial charge on any atom is 0.189 e. The van der Waals surface area contributed by atoms with Crippen LogP contribution in [-0.2, 0) is 6.42 Å². The minimum Gasteiger partial charge on any atom is -0.316 e. The summed E-state index contributed by atoms with van der Waals surface area (Å²) >= 11 is 7.75. The Kier molecular flexibility index (Phi) is 2.72. The van der Waals surface area contributed by atoms with Crippen LogP contribution in [0.15, 0.2) is 42.6 Å². The number of anilines is 2. The van der Waals surface area contributed by atoms with E-state index in [1.807, 2.05) is 30.3 Å². The zero-order chi connectivity index (χ0) is 13.5. The molecule has 2 heterocycles. The SMILES string of the molecule is Clc1ccc2c(c1)-c1nc(Nc3ccccn3)sc1C2. The van der Waals surface area contributed by atoms with E-state index >= 15 is 0 Å². The Morgan fingerprint density at radius 2 is 2.15 bits per heavy atom. The van der Waals surface area contributed by atoms with Crippen molar-refractivity contribution in [3.8, 4) is 11.3 Å². The van der Waals surface area contributed by atoms with Crippen molar-refractivity contribution in [1.82, 2.24) is 9.97 Å². The van der Waals surface area contributed by atoms with E-state index in [1.54, 1.807) is 17.5 Å². The molecule has 1 aliphatic carbocycles. The molecule has 1 aliphatic rings. The number of hydrogen-bond donors (Lipinski definition) is 1. The fraction of sp³-hybridized carbons (Fsp3) is 0.0667. The molecule has 1 N–H and O–H groups in total. The van der Waals surface area contributed by atoms with E-state index in [4.69, 9.17) is 11.6 Å². The lowest BCUT2D eigenvalue weighted by molar-refractivity contribution is 1.29. The average molecular weight is 300 g/mol. The highest BCUT2D eigenvalue weighted by Crippen LogP contribution is 2.42. The Balaban J connectivity index is 1.70. The largest absolute Gasteiger partial charge is 0.316 e. The van der Waals surface area contributed by atoms with Gasteiger partial charge in [-0.05, 0) is 29.8 Å². The number of pyridine rings is 1. The van der Waals surface area contributed by atoms with Gasteiger partial charge < -0.3 is 5.32 Å². The van der Waals surface area contributed by atoms with Gasteiger partial charge in [0.1, 0.15) is 5.82 Å². The van der Waals surface area contributed by atoms with E-state index in [1.165, 1.54) is 10.4 Å². The van der Waals surface area contributed by atoms with Gasteiger partial charge in [0.15, 0.2) is 5.13 Å². The van der Waals surface area contributed by atoms with Crippen molar-refractivity contribution in [3.63, 3.8) is 0 Å². The molecule has 3 aromatic rings. The van der Waals surface area contributed by atoms with Crippen molar-refractivity contribution in [2.24, 2.45) is 0 Å². The first-order valence-corrected chi connectivity index (χ1v) is 7.45. The number of rotatable bonds is 2. The fourth-order valence-electron chi connectivity index (χ4n) is 2.38. The van der Waals surface area contributed by atoms with Crippen molar-refractivity contribution < 1.29 is 0 Å². The van der Waals surface area contributed by atoms with Gasteiger partial charge in [-0.1, -0.05) is 23.7 Å². The summed E-state index contributed by atoms with van der Waals surface area (Å²) in [6.45, 7) is 0. The molecule has 3 nitrogen and oxygen atoms in total. The maximum absolute atomic E-state index is 6.08. The third-order valence-corrected chi connectivity index (χ3v) is 4.48. The van der Waals surface area contributed by atoms with Crippen LogP contribution in [0.4, 0.5) is 10.9 Å². The number of fused-ring (bicyclic) bond motifs is 3. The first kappa shape index (κ1) is 11.9. The van der Waals surface area contributed by atoms with Gasteiger partial charge in [-0.2, -0.15) is 0 Å². The summed E-state index contributed by atoms with van der Waals surface area (Å²) in [5, 5.41) is 4.87. The van der Waals surface area contributed by atoms with Gasteiger partial charge in [-0.3, -0.25) is 0 Å². The van der Waals surface area contributed by atoms with Crippen LogP contribution in [-0.4, -0.2) is 9.97 Å². The molecule has 0 saturated carbocycles. The zero-order valence-corrected chi connectivity index (χ0v) is 12.0. The third-order valence-electron chi connectivity index (χ3n) is 3.28. The number of hydrogen-bond acceptors (Lipinski definition) is 4. The molecule has 5 heteroatoms. The minimum absolute atomic E-state index is 0.754. The van der Waals surface area contributed by atoms with E-state index in [2.05, 4.69) is 21.4 Å². The molecular weight excluding hydrogens is 290 g/mol. The molecule has 20 heavy (non-hydrogen) atoms. The highest BCUT2D eigenvalue weighted by atomic mass is 35.5. The Morgan fingerprint density at radius 1 is 1.20 bits per heavy atom. The summed E-state index contributed by atoms with van der Waals surface area (Å²) in [5.41, 5.74) is 3.50. The van der Waals surface area contributed by atoms with E-state index in [0.29, 0.717) is 0 Å². The lowest BCUT2D eigenvalue weighted by Gasteiger charge is -2.02. The number of halogens is 1. The van der Waals surface area contributed by atoms with Crippen LogP contribution in [0.5, 0.6) is 0 Å². The fourth-order valence-corrected chi connectivity index (χ4v) is 3.56. The summed E-state index contributed by atoms with van der Waals surface area (Å²) in [7, 11) is 0. The van der Waals surface area contributed by atoms with Crippen LogP contribution in [0.25, 0.3) is 11.3 Å². The maximum atomic E-state index is 6.08. The van der Waals surface area contributed by atoms with Gasteiger partial charge in [0.05, 0.1) is 5.69 Å². The molecule has 0 fully saturated rings. The lowest BCUT2D eigenvalue weighted by atomic mass is 10.1. The molecule has 0 saturated heterocycles. The quantitative estimate of drug-likeness (QED) is 0.592. The summed E-state index contributed by atoms with van der Waals surface area (Å²) in [4.78, 5) is 10.2. The molecule has 0 unspecified atom stereocenters. The van der Waals surface area contributed by atoms with E-state index in [9.17, 15) is 0 Å². The van der Waals surface area contributed by atoms with Gasteiger partial charge in [-0.25, -0.2) is 9.97 Å². The number of benzene rings is 1. The second kappa shape index (κ2) is 4.58. The zero-order valence-electron chi connectivity index (χ0n) is 10.4. The summed E-state index contributed by atoms with van der Waals surface area (Å²) in [6.07, 6.45) is 2.70. The smallest absolute Gasteiger partial charge is 0.189 e. The second-order valence-corrected chi connectivity index (χ2v) is 6.13. The molecule has 4 rings (SSSR count). The van der Waals surface area contributed by atoms with Crippen LogP contribution in [0, 0.1) is 0 Å². The highest BCUT2D eigenvalue weighted by molar-refractivity contribution is 7.16. The Labute approximate surface area is 125 Å². The number of nitrogens with zero attached hydrogens (tertiary/aromatic N) is 2. The standard InChI is InChI=1S/C15H10ClN3S/c16-10-5-4-9-7-12-14(11(9)8-10)19-15(20-12)18-13-3-1-2-6-17-13/h1-6,8H,7H2,(H,17,18,19). The van der Waals surface area contributed by atoms with Crippen molar-refractivity contribution in [3.05, 3.63) is 58.1 Å². The molecule has 0 bridgehead atoms. The average Bonchev–Trinajstić information content (AvgIpc) is 2.97. The third kappa shape index (κ3) is 1.97. The van der Waals surface area contributed by atoms with Gasteiger partial charge >= 0.3 is 0 Å². The lowest BCUT2D eigenvalue weighted by Crippen LogP contribution is -1.92. The molecule has 0 radical (unpaired) electrons. The Hall–Kier alpha value is -1.91. The molecule has 1 aromatic carbocycles. The number of aromatic nitrogens is 2. The predicted molar refractivity (Wildman–Crippen MR) is 82.9 cm³/mol. The minimum atomic E-state index is 0.754. The topological polar surface area (TPSA) is 37.8 Å². The molecule has 0 aliphatic heterocycles. The molecule has 98 valence electrons. The van der Waals surface area contributed by atoms with E-state index in [0.717, 1.165) is 33.7 Å². The first-order valence-electron chi connectivity index (χ1n) is 6.26. The Morgan fingerprint density at radius 3 is 3.00 bits per heavy atom. The van der Waals surface area contributed by atoms with Crippen LogP contribution < -0.4 is 5.32 Å². The van der Waals surface area contributed by atoms with Crippen molar-refractivity contribution in [1.29, 1.82) is 0 Å². The van der Waals surface area contributed by atoms with Gasteiger partial charge in [0.2, 0.25) is 0 Å². The predicted octanol–water partition coefficient (Wildman–Crippen LogP) is 4.51. The summed E-state index contributed by atoms with van der Waals surface area (Å²) < 4.78 is 0. The van der Waals surface area contributed by atoms with Gasteiger partial charge in [-0.15, -0.1) is 11.3 Å². The van der Waals surface area contributed by atoms with E-state index < -0.39 is 0 Å². The van der Waals surface area contributed by atoms with Crippen molar-refractivity contribution >= 4 is 33.9 Å². The molecular formula is C15H10ClN3S. The van der Waals surface area contributed by atoms with Crippen LogP contribution >= 0.6 is 22.9 Å². The second-order valence-electron chi connectivity index (χ2n) is 4.61. The monoisotopic (exact) mass is 299 g/mol. The van der Waals surface area contributed by atoms with Crippen LogP contribution in [0.3, 0.4) is 0 Å². The molecule has 0 atom stereocenters. The normalized spacial score (nSPS) is 12.1. The summed E-state index contributed by atoms with van der Waals surface area (Å²) in [6, 6.07) is 11.8. The van der Waals surface area contributed by atoms with E-state index in [-0.39, 0.29) is 0 Å². The van der Waals surface area contributed by atoms with Crippen LogP contribution in [0.1, 0.15) is 10.4 Å². The highest BCUT2D eigenvalue weighted by Gasteiger charge is 2.23. The van der Waals surface area contributed by atoms with Crippen LogP contribution in [0.2, 0.25) is 5.02 Å². The van der Waals surface area contributed by atoms with Crippen molar-refractivity contribution in [2.75, 3.05) is 5.32 Å². The Bertz CT molecular complexity index is 783.